The summed E-state index contributed by atoms with van der Waals surface area (Å²) in [4.78, 5) is 23.5. The highest BCUT2D eigenvalue weighted by atomic mass is 19.1. The lowest BCUT2D eigenvalue weighted by atomic mass is 9.99. The molecular formula is C18H21FN2O4. The number of hydrogen-bond donors (Lipinski definition) is 2. The van der Waals surface area contributed by atoms with Crippen molar-refractivity contribution in [2.24, 2.45) is 0 Å². The molecule has 0 radical (unpaired) electrons. The molecule has 1 aromatic heterocycles. The monoisotopic (exact) mass is 348 g/mol. The van der Waals surface area contributed by atoms with Crippen molar-refractivity contribution in [1.82, 2.24) is 10.5 Å². The van der Waals surface area contributed by atoms with Crippen LogP contribution in [-0.4, -0.2) is 22.1 Å². The number of aliphatic carboxylic acids is 1. The first-order valence-corrected chi connectivity index (χ1v) is 8.19. The third-order valence-corrected chi connectivity index (χ3v) is 4.11. The number of nitrogens with zero attached hydrogens (tertiary/aromatic N) is 1. The van der Waals surface area contributed by atoms with Crippen LogP contribution in [0.1, 0.15) is 66.9 Å². The molecule has 1 amide bonds. The predicted molar refractivity (Wildman–Crippen MR) is 88.7 cm³/mol. The number of carboxylic acids is 1. The molecule has 0 bridgehead atoms. The van der Waals surface area contributed by atoms with Crippen molar-refractivity contribution in [3.63, 3.8) is 0 Å². The summed E-state index contributed by atoms with van der Waals surface area (Å²) in [7, 11) is 0. The van der Waals surface area contributed by atoms with Crippen molar-refractivity contribution in [3.8, 4) is 0 Å². The van der Waals surface area contributed by atoms with Gasteiger partial charge in [0, 0.05) is 12.0 Å². The molecule has 1 atom stereocenters. The molecule has 2 N–H and O–H groups in total. The standard InChI is InChI=1S/C18H21FN2O4/c1-3-11(4-2)15-9-16(25-21-15)18(24)20-14(10-17(22)23)12-5-7-13(19)8-6-12/h5-9,11,14H,3-4,10H2,1-2H3,(H,20,24)(H,22,23). The van der Waals surface area contributed by atoms with Gasteiger partial charge in [-0.05, 0) is 30.5 Å². The van der Waals surface area contributed by atoms with E-state index in [-0.39, 0.29) is 18.1 Å². The number of hydrogen-bond acceptors (Lipinski definition) is 4. The molecule has 1 heterocycles. The largest absolute Gasteiger partial charge is 0.481 e. The number of halogens is 1. The Hall–Kier alpha value is -2.70. The van der Waals surface area contributed by atoms with Crippen LogP contribution in [0.25, 0.3) is 0 Å². The molecule has 0 aliphatic carbocycles. The topological polar surface area (TPSA) is 92.4 Å². The zero-order valence-corrected chi connectivity index (χ0v) is 14.2. The molecule has 2 rings (SSSR count). The lowest BCUT2D eigenvalue weighted by Gasteiger charge is -2.16. The Kier molecular flexibility index (Phi) is 6.27. The smallest absolute Gasteiger partial charge is 0.305 e. The van der Waals surface area contributed by atoms with Gasteiger partial charge >= 0.3 is 5.97 Å². The van der Waals surface area contributed by atoms with Crippen LogP contribution in [0.5, 0.6) is 0 Å². The van der Waals surface area contributed by atoms with Crippen LogP contribution >= 0.6 is 0 Å². The lowest BCUT2D eigenvalue weighted by molar-refractivity contribution is -0.137. The molecule has 7 heteroatoms. The molecule has 0 spiro atoms. The van der Waals surface area contributed by atoms with Crippen molar-refractivity contribution >= 4 is 11.9 Å². The summed E-state index contributed by atoms with van der Waals surface area (Å²) in [5.74, 6) is -1.84. The van der Waals surface area contributed by atoms with E-state index in [0.717, 1.165) is 12.8 Å². The molecule has 6 nitrogen and oxygen atoms in total. The molecule has 0 fully saturated rings. The number of benzene rings is 1. The van der Waals surface area contributed by atoms with E-state index >= 15 is 0 Å². The van der Waals surface area contributed by atoms with Crippen LogP contribution < -0.4 is 5.32 Å². The van der Waals surface area contributed by atoms with Crippen LogP contribution in [0.3, 0.4) is 0 Å². The highest BCUT2D eigenvalue weighted by molar-refractivity contribution is 5.92. The Balaban J connectivity index is 2.16. The van der Waals surface area contributed by atoms with Gasteiger partial charge < -0.3 is 14.9 Å². The van der Waals surface area contributed by atoms with Crippen molar-refractivity contribution in [2.45, 2.75) is 45.1 Å². The van der Waals surface area contributed by atoms with Crippen molar-refractivity contribution in [3.05, 3.63) is 53.2 Å². The zero-order chi connectivity index (χ0) is 18.4. The highest BCUT2D eigenvalue weighted by Crippen LogP contribution is 2.23. The summed E-state index contributed by atoms with van der Waals surface area (Å²) in [6.07, 6.45) is 1.42. The zero-order valence-electron chi connectivity index (χ0n) is 14.2. The molecule has 0 aliphatic heterocycles. The highest BCUT2D eigenvalue weighted by Gasteiger charge is 2.22. The van der Waals surface area contributed by atoms with E-state index in [2.05, 4.69) is 10.5 Å². The van der Waals surface area contributed by atoms with Gasteiger partial charge in [0.05, 0.1) is 18.2 Å². The Labute approximate surface area is 145 Å². The second-order valence-electron chi connectivity index (χ2n) is 5.80. The maximum Gasteiger partial charge on any atom is 0.305 e. The van der Waals surface area contributed by atoms with Crippen molar-refractivity contribution in [2.75, 3.05) is 0 Å². The van der Waals surface area contributed by atoms with Crippen LogP contribution in [0.2, 0.25) is 0 Å². The van der Waals surface area contributed by atoms with Crippen LogP contribution in [0.4, 0.5) is 4.39 Å². The quantitative estimate of drug-likeness (QED) is 0.759. The van der Waals surface area contributed by atoms with Crippen LogP contribution in [0.15, 0.2) is 34.9 Å². The summed E-state index contributed by atoms with van der Waals surface area (Å²) >= 11 is 0. The maximum atomic E-state index is 13.1. The van der Waals surface area contributed by atoms with Gasteiger partial charge in [-0.3, -0.25) is 9.59 Å². The molecule has 1 aromatic carbocycles. The van der Waals surface area contributed by atoms with Gasteiger partial charge in [-0.2, -0.15) is 0 Å². The Bertz CT molecular complexity index is 723. The van der Waals surface area contributed by atoms with E-state index in [1.54, 1.807) is 6.07 Å². The van der Waals surface area contributed by atoms with Crippen molar-refractivity contribution < 1.29 is 23.6 Å². The second kappa shape index (κ2) is 8.41. The second-order valence-corrected chi connectivity index (χ2v) is 5.80. The summed E-state index contributed by atoms with van der Waals surface area (Å²) < 4.78 is 18.2. The van der Waals surface area contributed by atoms with Gasteiger partial charge in [0.2, 0.25) is 5.76 Å². The third kappa shape index (κ3) is 4.89. The average Bonchev–Trinajstić information content (AvgIpc) is 3.05. The number of rotatable bonds is 8. The first-order chi connectivity index (χ1) is 11.9. The van der Waals surface area contributed by atoms with Crippen molar-refractivity contribution in [1.29, 1.82) is 0 Å². The SMILES string of the molecule is CCC(CC)c1cc(C(=O)NC(CC(=O)O)c2ccc(F)cc2)on1. The number of carbonyl (C=O) groups excluding carboxylic acids is 1. The minimum absolute atomic E-state index is 0.0272. The van der Waals surface area contributed by atoms with E-state index < -0.39 is 23.7 Å². The number of amides is 1. The number of carbonyl (C=O) groups is 2. The summed E-state index contributed by atoms with van der Waals surface area (Å²) in [6, 6.07) is 6.10. The minimum atomic E-state index is -1.08. The van der Waals surface area contributed by atoms with Gasteiger partial charge in [-0.1, -0.05) is 31.1 Å². The Morgan fingerprint density at radius 1 is 1.24 bits per heavy atom. The first-order valence-electron chi connectivity index (χ1n) is 8.19. The van der Waals surface area contributed by atoms with Gasteiger partial charge in [-0.25, -0.2) is 4.39 Å². The summed E-state index contributed by atoms with van der Waals surface area (Å²) in [5.41, 5.74) is 1.20. The van der Waals surface area contributed by atoms with Crippen LogP contribution in [-0.2, 0) is 4.79 Å². The number of carboxylic acid groups (broad SMARTS) is 1. The molecule has 0 saturated carbocycles. The molecular weight excluding hydrogens is 327 g/mol. The third-order valence-electron chi connectivity index (χ3n) is 4.11. The van der Waals surface area contributed by atoms with Gasteiger partial charge in [-0.15, -0.1) is 0 Å². The van der Waals surface area contributed by atoms with Gasteiger partial charge in [0.1, 0.15) is 5.82 Å². The fourth-order valence-electron chi connectivity index (χ4n) is 2.65. The number of nitrogens with one attached hydrogen (secondary N) is 1. The molecule has 0 saturated heterocycles. The van der Waals surface area contributed by atoms with Gasteiger partial charge in [0.25, 0.3) is 5.91 Å². The average molecular weight is 348 g/mol. The predicted octanol–water partition coefficient (Wildman–Crippen LogP) is 3.66. The minimum Gasteiger partial charge on any atom is -0.481 e. The van der Waals surface area contributed by atoms with Crippen LogP contribution in [0, 0.1) is 5.82 Å². The van der Waals surface area contributed by atoms with E-state index in [1.807, 2.05) is 13.8 Å². The van der Waals surface area contributed by atoms with E-state index in [4.69, 9.17) is 9.63 Å². The summed E-state index contributed by atoms with van der Waals surface area (Å²) in [6.45, 7) is 4.06. The molecule has 0 aliphatic rings. The molecule has 1 unspecified atom stereocenters. The summed E-state index contributed by atoms with van der Waals surface area (Å²) in [5, 5.41) is 15.6. The van der Waals surface area contributed by atoms with Gasteiger partial charge in [0.15, 0.2) is 0 Å². The Morgan fingerprint density at radius 3 is 2.44 bits per heavy atom. The van der Waals surface area contributed by atoms with E-state index in [9.17, 15) is 14.0 Å². The van der Waals surface area contributed by atoms with E-state index in [1.165, 1.54) is 24.3 Å². The first kappa shape index (κ1) is 18.6. The number of aromatic nitrogens is 1. The maximum absolute atomic E-state index is 13.1. The van der Waals surface area contributed by atoms with E-state index in [0.29, 0.717) is 11.3 Å². The fraction of sp³-hybridized carbons (Fsp3) is 0.389. The fourth-order valence-corrected chi connectivity index (χ4v) is 2.65. The Morgan fingerprint density at radius 2 is 1.88 bits per heavy atom. The molecule has 25 heavy (non-hydrogen) atoms. The molecule has 2 aromatic rings. The normalized spacial score (nSPS) is 12.2. The lowest BCUT2D eigenvalue weighted by Crippen LogP contribution is -2.30. The molecule has 134 valence electrons.